The first-order valence-electron chi connectivity index (χ1n) is 2.01. The second-order valence-corrected chi connectivity index (χ2v) is 2.86. The molecule has 3 nitrogen and oxygen atoms in total. The predicted molar refractivity (Wildman–Crippen MR) is 32.5 cm³/mol. The van der Waals surface area contributed by atoms with Crippen LogP contribution in [0.25, 0.3) is 0 Å². The van der Waals surface area contributed by atoms with Crippen LogP contribution in [0, 0.1) is 0 Å². The average Bonchev–Trinajstić information content (AvgIpc) is 1.30. The van der Waals surface area contributed by atoms with Crippen LogP contribution in [0.5, 0.6) is 0 Å². The number of rotatable bonds is 2. The molecule has 47 valence electrons. The molecular formula is C3H8O3STl. The maximum absolute atomic E-state index is 9.79. The Morgan fingerprint density at radius 3 is 1.88 bits per heavy atom. The third-order valence-electron chi connectivity index (χ3n) is 0.462. The molecule has 0 atom stereocenters. The van der Waals surface area contributed by atoms with Crippen molar-refractivity contribution in [2.24, 2.45) is 0 Å². The first-order chi connectivity index (χ1) is 3.06. The van der Waals surface area contributed by atoms with Gasteiger partial charge in [0.05, 0.1) is 5.75 Å². The van der Waals surface area contributed by atoms with Gasteiger partial charge in [-0.3, -0.25) is 4.55 Å². The van der Waals surface area contributed by atoms with Gasteiger partial charge in [-0.05, 0) is 6.42 Å². The fraction of sp³-hybridized carbons (Fsp3) is 1.00. The molecule has 0 unspecified atom stereocenters. The van der Waals surface area contributed by atoms with Crippen LogP contribution < -0.4 is 0 Å². The Balaban J connectivity index is 0. The molecule has 0 fully saturated rings. The normalized spacial score (nSPS) is 10.2. The van der Waals surface area contributed by atoms with Crippen molar-refractivity contribution >= 4 is 37.4 Å². The van der Waals surface area contributed by atoms with Crippen molar-refractivity contribution in [2.75, 3.05) is 5.75 Å². The van der Waals surface area contributed by atoms with E-state index in [0.29, 0.717) is 6.42 Å². The molecule has 0 saturated heterocycles. The van der Waals surface area contributed by atoms with E-state index in [1.54, 1.807) is 6.92 Å². The molecule has 0 aromatic rings. The van der Waals surface area contributed by atoms with Gasteiger partial charge in [-0.25, -0.2) is 0 Å². The SMILES string of the molecule is CCCS(=O)(=O)O.[Tl]. The molecule has 5 heteroatoms. The van der Waals surface area contributed by atoms with Crippen molar-refractivity contribution in [3.63, 3.8) is 0 Å². The Bertz CT molecular complexity index is 127. The first kappa shape index (κ1) is 11.6. The van der Waals surface area contributed by atoms with E-state index in [1.165, 1.54) is 0 Å². The van der Waals surface area contributed by atoms with Crippen molar-refractivity contribution in [1.29, 1.82) is 0 Å². The van der Waals surface area contributed by atoms with Gasteiger partial charge in [0, 0.05) is 27.3 Å². The van der Waals surface area contributed by atoms with Crippen molar-refractivity contribution in [3.05, 3.63) is 0 Å². The zero-order chi connectivity index (χ0) is 5.91. The van der Waals surface area contributed by atoms with E-state index >= 15 is 0 Å². The molecule has 0 aromatic carbocycles. The number of hydrogen-bond acceptors (Lipinski definition) is 2. The van der Waals surface area contributed by atoms with Crippen LogP contribution in [0.3, 0.4) is 0 Å². The molecule has 1 N–H and O–H groups in total. The fourth-order valence-electron chi connectivity index (χ4n) is 0.258. The van der Waals surface area contributed by atoms with E-state index in [2.05, 4.69) is 0 Å². The summed E-state index contributed by atoms with van der Waals surface area (Å²) < 4.78 is 27.6. The largest absolute Gasteiger partial charge is 0.286 e. The van der Waals surface area contributed by atoms with Gasteiger partial charge in [0.1, 0.15) is 0 Å². The van der Waals surface area contributed by atoms with Gasteiger partial charge < -0.3 is 0 Å². The van der Waals surface area contributed by atoms with E-state index in [-0.39, 0.29) is 33.1 Å². The average molecular weight is 329 g/mol. The van der Waals surface area contributed by atoms with E-state index in [9.17, 15) is 8.42 Å². The van der Waals surface area contributed by atoms with Gasteiger partial charge in [0.25, 0.3) is 10.1 Å². The molecule has 0 aliphatic carbocycles. The molecule has 0 aliphatic heterocycles. The molecular weight excluding hydrogens is 320 g/mol. The standard InChI is InChI=1S/C3H8O3S.Tl/c1-2-3-7(4,5)6;/h2-3H2,1H3,(H,4,5,6);. The minimum atomic E-state index is -3.67. The van der Waals surface area contributed by atoms with Gasteiger partial charge in [0.2, 0.25) is 0 Å². The summed E-state index contributed by atoms with van der Waals surface area (Å²) in [7, 11) is -3.67. The number of hydrogen-bond donors (Lipinski definition) is 1. The van der Waals surface area contributed by atoms with Crippen LogP contribution in [-0.2, 0) is 10.1 Å². The molecule has 0 bridgehead atoms. The third kappa shape index (κ3) is 9.95. The molecule has 1 radical (unpaired) electrons. The van der Waals surface area contributed by atoms with E-state index in [0.717, 1.165) is 0 Å². The summed E-state index contributed by atoms with van der Waals surface area (Å²) >= 11 is 0. The van der Waals surface area contributed by atoms with Crippen LogP contribution in [-0.4, -0.2) is 46.0 Å². The molecule has 0 amide bonds. The van der Waals surface area contributed by atoms with E-state index in [4.69, 9.17) is 4.55 Å². The Morgan fingerprint density at radius 2 is 1.88 bits per heavy atom. The van der Waals surface area contributed by atoms with Crippen molar-refractivity contribution in [1.82, 2.24) is 0 Å². The summed E-state index contributed by atoms with van der Waals surface area (Å²) in [6, 6.07) is 0. The zero-order valence-electron chi connectivity index (χ0n) is 4.66. The van der Waals surface area contributed by atoms with Crippen LogP contribution in [0.4, 0.5) is 0 Å². The Kier molecular flexibility index (Phi) is 6.80. The maximum Gasteiger partial charge on any atom is 0.264 e. The van der Waals surface area contributed by atoms with Gasteiger partial charge in [-0.1, -0.05) is 6.92 Å². The topological polar surface area (TPSA) is 54.4 Å². The van der Waals surface area contributed by atoms with Gasteiger partial charge in [-0.2, -0.15) is 8.42 Å². The Labute approximate surface area is 69.4 Å². The maximum atomic E-state index is 9.79. The van der Waals surface area contributed by atoms with Crippen LogP contribution in [0.15, 0.2) is 0 Å². The van der Waals surface area contributed by atoms with Crippen LogP contribution in [0.2, 0.25) is 0 Å². The molecule has 0 heterocycles. The zero-order valence-corrected chi connectivity index (χ0v) is 9.97. The summed E-state index contributed by atoms with van der Waals surface area (Å²) in [6.07, 6.45) is 0.471. The van der Waals surface area contributed by atoms with Crippen molar-refractivity contribution < 1.29 is 13.0 Å². The van der Waals surface area contributed by atoms with Gasteiger partial charge in [0.15, 0.2) is 0 Å². The van der Waals surface area contributed by atoms with Crippen molar-refractivity contribution in [2.45, 2.75) is 13.3 Å². The molecule has 0 aromatic heterocycles. The summed E-state index contributed by atoms with van der Waals surface area (Å²) in [5.74, 6) is -0.132. The molecule has 0 saturated carbocycles. The van der Waals surface area contributed by atoms with E-state index in [1.807, 2.05) is 0 Å². The van der Waals surface area contributed by atoms with Crippen LogP contribution >= 0.6 is 0 Å². The van der Waals surface area contributed by atoms with Crippen molar-refractivity contribution in [3.8, 4) is 0 Å². The smallest absolute Gasteiger partial charge is 0.264 e. The summed E-state index contributed by atoms with van der Waals surface area (Å²) in [5, 5.41) is 0. The van der Waals surface area contributed by atoms with Gasteiger partial charge in [-0.15, -0.1) is 0 Å². The monoisotopic (exact) mass is 329 g/mol. The second-order valence-electron chi connectivity index (χ2n) is 1.29. The third-order valence-corrected chi connectivity index (χ3v) is 1.39. The first-order valence-corrected chi connectivity index (χ1v) is 3.62. The summed E-state index contributed by atoms with van der Waals surface area (Å²) in [4.78, 5) is 0. The summed E-state index contributed by atoms with van der Waals surface area (Å²) in [5.41, 5.74) is 0. The molecule has 8 heavy (non-hydrogen) atoms. The fourth-order valence-corrected chi connectivity index (χ4v) is 0.774. The van der Waals surface area contributed by atoms with Gasteiger partial charge >= 0.3 is 0 Å². The Hall–Kier alpha value is 0.832. The molecule has 0 aliphatic rings. The molecule has 0 spiro atoms. The summed E-state index contributed by atoms with van der Waals surface area (Å²) in [6.45, 7) is 1.69. The second kappa shape index (κ2) is 4.69. The quantitative estimate of drug-likeness (QED) is 0.569. The minimum Gasteiger partial charge on any atom is -0.286 e. The Morgan fingerprint density at radius 1 is 1.50 bits per heavy atom. The molecule has 0 rings (SSSR count). The van der Waals surface area contributed by atoms with E-state index < -0.39 is 10.1 Å². The van der Waals surface area contributed by atoms with Crippen LogP contribution in [0.1, 0.15) is 13.3 Å². The predicted octanol–water partition coefficient (Wildman–Crippen LogP) is -0.0966. The minimum absolute atomic E-state index is 0.